The van der Waals surface area contributed by atoms with E-state index in [2.05, 4.69) is 6.07 Å². The monoisotopic (exact) mass is 367 g/mol. The van der Waals surface area contributed by atoms with Crippen LogP contribution >= 0.6 is 11.6 Å². The van der Waals surface area contributed by atoms with Crippen molar-refractivity contribution in [3.05, 3.63) is 64.7 Å². The van der Waals surface area contributed by atoms with Gasteiger partial charge >= 0.3 is 0 Å². The molecule has 1 fully saturated rings. The van der Waals surface area contributed by atoms with Crippen molar-refractivity contribution in [2.24, 2.45) is 0 Å². The molecule has 0 N–H and O–H groups in total. The number of benzene rings is 2. The second kappa shape index (κ2) is 7.59. The molecule has 0 bridgehead atoms. The standard InChI is InChI=1S/C20H18ClN3O2/c1-14-12-24(17-8-6-15(11-22)7-9-17)20(26)13-23(14)19(25)10-16-4-2-3-5-18(16)21/h2-9,14H,10,12-13H2,1H3. The Bertz CT molecular complexity index is 873. The van der Waals surface area contributed by atoms with Crippen LogP contribution in [0.15, 0.2) is 48.5 Å². The molecular formula is C20H18ClN3O2. The van der Waals surface area contributed by atoms with Crippen LogP contribution in [0, 0.1) is 11.3 Å². The minimum Gasteiger partial charge on any atom is -0.329 e. The summed E-state index contributed by atoms with van der Waals surface area (Å²) in [5.41, 5.74) is 2.04. The molecule has 1 heterocycles. The number of nitrogens with zero attached hydrogens (tertiary/aromatic N) is 3. The number of anilines is 1. The maximum absolute atomic E-state index is 12.7. The summed E-state index contributed by atoms with van der Waals surface area (Å²) in [6.07, 6.45) is 0.175. The first-order valence-electron chi connectivity index (χ1n) is 8.33. The third kappa shape index (κ3) is 3.71. The van der Waals surface area contributed by atoms with E-state index in [-0.39, 0.29) is 30.8 Å². The van der Waals surface area contributed by atoms with Gasteiger partial charge in [-0.1, -0.05) is 29.8 Å². The Labute approximate surface area is 157 Å². The van der Waals surface area contributed by atoms with Crippen LogP contribution in [0.1, 0.15) is 18.1 Å². The number of rotatable bonds is 3. The minimum atomic E-state index is -0.139. The number of hydrogen-bond acceptors (Lipinski definition) is 3. The summed E-state index contributed by atoms with van der Waals surface area (Å²) >= 11 is 6.13. The van der Waals surface area contributed by atoms with Crippen LogP contribution in [0.3, 0.4) is 0 Å². The lowest BCUT2D eigenvalue weighted by molar-refractivity contribution is -0.138. The number of amides is 2. The van der Waals surface area contributed by atoms with E-state index >= 15 is 0 Å². The highest BCUT2D eigenvalue weighted by molar-refractivity contribution is 6.31. The van der Waals surface area contributed by atoms with Crippen molar-refractivity contribution in [1.82, 2.24) is 4.90 Å². The Morgan fingerprint density at radius 2 is 1.92 bits per heavy atom. The normalized spacial score (nSPS) is 17.1. The maximum atomic E-state index is 12.7. The fourth-order valence-corrected chi connectivity index (χ4v) is 3.26. The van der Waals surface area contributed by atoms with Crippen molar-refractivity contribution in [3.8, 4) is 6.07 Å². The molecule has 0 aromatic heterocycles. The average molecular weight is 368 g/mol. The lowest BCUT2D eigenvalue weighted by Crippen LogP contribution is -2.57. The van der Waals surface area contributed by atoms with Crippen LogP contribution in [0.25, 0.3) is 0 Å². The first-order chi connectivity index (χ1) is 12.5. The number of nitriles is 1. The molecule has 2 aromatic carbocycles. The zero-order chi connectivity index (χ0) is 18.7. The van der Waals surface area contributed by atoms with Crippen LogP contribution in [-0.4, -0.2) is 35.8 Å². The molecule has 2 amide bonds. The average Bonchev–Trinajstić information content (AvgIpc) is 2.65. The number of hydrogen-bond donors (Lipinski definition) is 0. The highest BCUT2D eigenvalue weighted by Gasteiger charge is 2.33. The van der Waals surface area contributed by atoms with E-state index in [9.17, 15) is 9.59 Å². The van der Waals surface area contributed by atoms with Crippen LogP contribution in [0.2, 0.25) is 5.02 Å². The van der Waals surface area contributed by atoms with Gasteiger partial charge in [-0.3, -0.25) is 9.59 Å². The minimum absolute atomic E-state index is 0.0322. The Kier molecular flexibility index (Phi) is 5.24. The quantitative estimate of drug-likeness (QED) is 0.837. The Balaban J connectivity index is 1.71. The summed E-state index contributed by atoms with van der Waals surface area (Å²) in [6.45, 7) is 2.37. The number of carbonyl (C=O) groups is 2. The van der Waals surface area contributed by atoms with Crippen molar-refractivity contribution < 1.29 is 9.59 Å². The zero-order valence-corrected chi connectivity index (χ0v) is 15.1. The van der Waals surface area contributed by atoms with Gasteiger partial charge in [-0.15, -0.1) is 0 Å². The molecule has 0 saturated carbocycles. The number of carbonyl (C=O) groups excluding carboxylic acids is 2. The van der Waals surface area contributed by atoms with Gasteiger partial charge in [-0.05, 0) is 42.8 Å². The van der Waals surface area contributed by atoms with Gasteiger partial charge in [0.15, 0.2) is 0 Å². The molecule has 3 rings (SSSR count). The summed E-state index contributed by atoms with van der Waals surface area (Å²) in [4.78, 5) is 28.5. The molecule has 2 aromatic rings. The zero-order valence-electron chi connectivity index (χ0n) is 14.4. The van der Waals surface area contributed by atoms with E-state index in [0.717, 1.165) is 11.3 Å². The molecule has 1 unspecified atom stereocenters. The van der Waals surface area contributed by atoms with Crippen LogP contribution in [0.5, 0.6) is 0 Å². The van der Waals surface area contributed by atoms with Gasteiger partial charge in [-0.25, -0.2) is 0 Å². The van der Waals surface area contributed by atoms with Gasteiger partial charge in [0, 0.05) is 23.3 Å². The highest BCUT2D eigenvalue weighted by atomic mass is 35.5. The van der Waals surface area contributed by atoms with Gasteiger partial charge in [0.25, 0.3) is 0 Å². The van der Waals surface area contributed by atoms with Crippen molar-refractivity contribution in [2.75, 3.05) is 18.0 Å². The largest absolute Gasteiger partial charge is 0.329 e. The van der Waals surface area contributed by atoms with E-state index in [0.29, 0.717) is 17.1 Å². The molecule has 0 radical (unpaired) electrons. The Hall–Kier alpha value is -2.84. The summed E-state index contributed by atoms with van der Waals surface area (Å²) in [7, 11) is 0. The molecule has 1 aliphatic rings. The van der Waals surface area contributed by atoms with Gasteiger partial charge in [0.05, 0.1) is 18.1 Å². The van der Waals surface area contributed by atoms with E-state index in [1.54, 1.807) is 40.1 Å². The highest BCUT2D eigenvalue weighted by Crippen LogP contribution is 2.22. The predicted octanol–water partition coefficient (Wildman–Crippen LogP) is 3.02. The molecule has 1 saturated heterocycles. The van der Waals surface area contributed by atoms with Crippen LogP contribution in [0.4, 0.5) is 5.69 Å². The first-order valence-corrected chi connectivity index (χ1v) is 8.71. The van der Waals surface area contributed by atoms with Crippen LogP contribution in [-0.2, 0) is 16.0 Å². The van der Waals surface area contributed by atoms with Crippen molar-refractivity contribution in [1.29, 1.82) is 5.26 Å². The second-order valence-electron chi connectivity index (χ2n) is 6.30. The van der Waals surface area contributed by atoms with Gasteiger partial charge in [0.1, 0.15) is 6.54 Å². The third-order valence-electron chi connectivity index (χ3n) is 4.51. The fourth-order valence-electron chi connectivity index (χ4n) is 3.06. The van der Waals surface area contributed by atoms with Crippen molar-refractivity contribution in [3.63, 3.8) is 0 Å². The van der Waals surface area contributed by atoms with Crippen molar-refractivity contribution in [2.45, 2.75) is 19.4 Å². The summed E-state index contributed by atoms with van der Waals surface area (Å²) in [6, 6.07) is 16.0. The summed E-state index contributed by atoms with van der Waals surface area (Å²) < 4.78 is 0. The molecule has 1 atom stereocenters. The molecule has 1 aliphatic heterocycles. The lowest BCUT2D eigenvalue weighted by Gasteiger charge is -2.39. The summed E-state index contributed by atoms with van der Waals surface area (Å²) in [5.74, 6) is -0.251. The van der Waals surface area contributed by atoms with Gasteiger partial charge < -0.3 is 9.80 Å². The molecule has 26 heavy (non-hydrogen) atoms. The molecule has 6 heteroatoms. The van der Waals surface area contributed by atoms with E-state index < -0.39 is 0 Å². The number of halogens is 1. The fraction of sp³-hybridized carbons (Fsp3) is 0.250. The lowest BCUT2D eigenvalue weighted by atomic mass is 10.1. The van der Waals surface area contributed by atoms with Gasteiger partial charge in [0.2, 0.25) is 11.8 Å². The Morgan fingerprint density at radius 3 is 2.58 bits per heavy atom. The second-order valence-corrected chi connectivity index (χ2v) is 6.71. The van der Waals surface area contributed by atoms with E-state index in [4.69, 9.17) is 16.9 Å². The molecule has 132 valence electrons. The van der Waals surface area contributed by atoms with Crippen LogP contribution < -0.4 is 4.90 Å². The smallest absolute Gasteiger partial charge is 0.246 e. The van der Waals surface area contributed by atoms with E-state index in [1.807, 2.05) is 25.1 Å². The van der Waals surface area contributed by atoms with Crippen molar-refractivity contribution >= 4 is 29.1 Å². The topological polar surface area (TPSA) is 64.4 Å². The first kappa shape index (κ1) is 18.0. The molecule has 0 spiro atoms. The summed E-state index contributed by atoms with van der Waals surface area (Å²) in [5, 5.41) is 9.44. The maximum Gasteiger partial charge on any atom is 0.246 e. The molecular weight excluding hydrogens is 350 g/mol. The SMILES string of the molecule is CC1CN(c2ccc(C#N)cc2)C(=O)CN1C(=O)Cc1ccccc1Cl. The van der Waals surface area contributed by atoms with E-state index in [1.165, 1.54) is 0 Å². The Morgan fingerprint density at radius 1 is 1.23 bits per heavy atom. The molecule has 0 aliphatic carbocycles. The van der Waals surface area contributed by atoms with Gasteiger partial charge in [-0.2, -0.15) is 5.26 Å². The third-order valence-corrected chi connectivity index (χ3v) is 4.88. The predicted molar refractivity (Wildman–Crippen MR) is 99.8 cm³/mol. The molecule has 5 nitrogen and oxygen atoms in total. The number of piperazine rings is 1.